The lowest BCUT2D eigenvalue weighted by atomic mass is 10.2. The molecule has 0 unspecified atom stereocenters. The zero-order chi connectivity index (χ0) is 18.6. The first-order valence-electron chi connectivity index (χ1n) is 8.41. The predicted octanol–water partition coefficient (Wildman–Crippen LogP) is 4.00. The number of benzene rings is 2. The van der Waals surface area contributed by atoms with Crippen LogP contribution in [0.5, 0.6) is 0 Å². The monoisotopic (exact) mass is 362 g/mol. The summed E-state index contributed by atoms with van der Waals surface area (Å²) in [7, 11) is 0. The molecule has 6 nitrogen and oxygen atoms in total. The van der Waals surface area contributed by atoms with E-state index in [9.17, 15) is 9.18 Å². The molecule has 2 aromatic carbocycles. The van der Waals surface area contributed by atoms with Crippen LogP contribution in [0.1, 0.15) is 12.3 Å². The van der Waals surface area contributed by atoms with Crippen molar-refractivity contribution in [1.82, 2.24) is 15.1 Å². The van der Waals surface area contributed by atoms with E-state index < -0.39 is 0 Å². The third-order valence-electron chi connectivity index (χ3n) is 4.04. The van der Waals surface area contributed by atoms with Crippen molar-refractivity contribution in [3.05, 3.63) is 72.5 Å². The van der Waals surface area contributed by atoms with Crippen LogP contribution in [-0.4, -0.2) is 21.0 Å². The highest BCUT2D eigenvalue weighted by Gasteiger charge is 2.12. The van der Waals surface area contributed by atoms with E-state index in [0.717, 1.165) is 10.9 Å². The summed E-state index contributed by atoms with van der Waals surface area (Å²) in [5.74, 6) is 0.209. The van der Waals surface area contributed by atoms with E-state index >= 15 is 0 Å². The quantitative estimate of drug-likeness (QED) is 0.580. The molecule has 27 heavy (non-hydrogen) atoms. The van der Waals surface area contributed by atoms with Crippen molar-refractivity contribution in [3.63, 3.8) is 0 Å². The lowest BCUT2D eigenvalue weighted by molar-refractivity contribution is -0.116. The maximum absolute atomic E-state index is 13.0. The second-order valence-electron chi connectivity index (χ2n) is 5.95. The Morgan fingerprint density at radius 1 is 1.07 bits per heavy atom. The van der Waals surface area contributed by atoms with Gasteiger partial charge in [-0.1, -0.05) is 23.4 Å². The Balaban J connectivity index is 1.40. The number of pyridine rings is 1. The van der Waals surface area contributed by atoms with Crippen LogP contribution in [0.2, 0.25) is 0 Å². The number of aryl methyl sites for hydroxylation is 1. The smallest absolute Gasteiger partial charge is 0.227 e. The Bertz CT molecular complexity index is 1090. The van der Waals surface area contributed by atoms with Gasteiger partial charge in [0.05, 0.1) is 11.2 Å². The number of carbonyl (C=O) groups is 1. The molecule has 0 aliphatic rings. The number of para-hydroxylation sites is 1. The van der Waals surface area contributed by atoms with Crippen molar-refractivity contribution in [2.24, 2.45) is 0 Å². The minimum atomic E-state index is -0.331. The maximum Gasteiger partial charge on any atom is 0.227 e. The number of nitrogens with zero attached hydrogens (tertiary/aromatic N) is 3. The van der Waals surface area contributed by atoms with E-state index in [1.165, 1.54) is 12.1 Å². The molecule has 2 heterocycles. The maximum atomic E-state index is 13.0. The number of hydrogen-bond acceptors (Lipinski definition) is 5. The molecule has 1 amide bonds. The molecule has 4 rings (SSSR count). The minimum Gasteiger partial charge on any atom is -0.339 e. The van der Waals surface area contributed by atoms with Gasteiger partial charge in [-0.05, 0) is 36.4 Å². The zero-order valence-electron chi connectivity index (χ0n) is 14.2. The van der Waals surface area contributed by atoms with E-state index in [0.29, 0.717) is 29.4 Å². The SMILES string of the molecule is O=C(CCc1nc(-c2ccc(F)cc2)no1)Nc1cccc2cccnc12. The van der Waals surface area contributed by atoms with E-state index in [1.807, 2.05) is 30.3 Å². The largest absolute Gasteiger partial charge is 0.339 e. The predicted molar refractivity (Wildman–Crippen MR) is 98.4 cm³/mol. The fraction of sp³-hybridized carbons (Fsp3) is 0.100. The second-order valence-corrected chi connectivity index (χ2v) is 5.95. The van der Waals surface area contributed by atoms with Gasteiger partial charge in [0, 0.05) is 30.0 Å². The van der Waals surface area contributed by atoms with Crippen molar-refractivity contribution in [2.75, 3.05) is 5.32 Å². The summed E-state index contributed by atoms with van der Waals surface area (Å²) in [4.78, 5) is 20.8. The Labute approximate surface area is 154 Å². The van der Waals surface area contributed by atoms with Gasteiger partial charge in [0.15, 0.2) is 0 Å². The van der Waals surface area contributed by atoms with Crippen LogP contribution in [0.4, 0.5) is 10.1 Å². The third-order valence-corrected chi connectivity index (χ3v) is 4.04. The summed E-state index contributed by atoms with van der Waals surface area (Å²) in [5.41, 5.74) is 2.05. The summed E-state index contributed by atoms with van der Waals surface area (Å²) >= 11 is 0. The molecule has 0 radical (unpaired) electrons. The first kappa shape index (κ1) is 16.8. The molecule has 4 aromatic rings. The average molecular weight is 362 g/mol. The van der Waals surface area contributed by atoms with Gasteiger partial charge in [0.25, 0.3) is 0 Å². The van der Waals surface area contributed by atoms with Crippen molar-refractivity contribution < 1.29 is 13.7 Å². The molecule has 7 heteroatoms. The normalized spacial score (nSPS) is 10.9. The highest BCUT2D eigenvalue weighted by molar-refractivity contribution is 6.00. The average Bonchev–Trinajstić information content (AvgIpc) is 3.16. The molecule has 0 fully saturated rings. The standard InChI is InChI=1S/C20H15FN4O2/c21-15-8-6-14(7-9-15)20-24-18(27-25-20)11-10-17(26)23-16-5-1-3-13-4-2-12-22-19(13)16/h1-9,12H,10-11H2,(H,23,26). The zero-order valence-corrected chi connectivity index (χ0v) is 14.2. The van der Waals surface area contributed by atoms with Crippen LogP contribution in [0.3, 0.4) is 0 Å². The van der Waals surface area contributed by atoms with Crippen LogP contribution in [-0.2, 0) is 11.2 Å². The van der Waals surface area contributed by atoms with Gasteiger partial charge in [0.1, 0.15) is 5.82 Å². The second kappa shape index (κ2) is 7.33. The minimum absolute atomic E-state index is 0.172. The molecular formula is C20H15FN4O2. The molecule has 134 valence electrons. The number of aromatic nitrogens is 3. The lowest BCUT2D eigenvalue weighted by Gasteiger charge is -2.07. The fourth-order valence-corrected chi connectivity index (χ4v) is 2.71. The Morgan fingerprint density at radius 3 is 2.74 bits per heavy atom. The van der Waals surface area contributed by atoms with E-state index in [-0.39, 0.29) is 18.1 Å². The molecule has 0 saturated heterocycles. The van der Waals surface area contributed by atoms with E-state index in [2.05, 4.69) is 20.4 Å². The van der Waals surface area contributed by atoms with Gasteiger partial charge in [-0.3, -0.25) is 9.78 Å². The number of amides is 1. The molecule has 1 N–H and O–H groups in total. The molecule has 0 aliphatic heterocycles. The molecule has 0 saturated carbocycles. The molecule has 2 aromatic heterocycles. The number of halogens is 1. The Morgan fingerprint density at radius 2 is 1.89 bits per heavy atom. The van der Waals surface area contributed by atoms with Crippen LogP contribution >= 0.6 is 0 Å². The van der Waals surface area contributed by atoms with Gasteiger partial charge in [-0.25, -0.2) is 4.39 Å². The van der Waals surface area contributed by atoms with Crippen molar-refractivity contribution >= 4 is 22.5 Å². The summed E-state index contributed by atoms with van der Waals surface area (Å²) in [6.45, 7) is 0. The van der Waals surface area contributed by atoms with E-state index in [1.54, 1.807) is 18.3 Å². The number of rotatable bonds is 5. The first-order chi connectivity index (χ1) is 13.2. The first-order valence-corrected chi connectivity index (χ1v) is 8.41. The Kier molecular flexibility index (Phi) is 4.57. The highest BCUT2D eigenvalue weighted by Crippen LogP contribution is 2.21. The van der Waals surface area contributed by atoms with Gasteiger partial charge < -0.3 is 9.84 Å². The highest BCUT2D eigenvalue weighted by atomic mass is 19.1. The lowest BCUT2D eigenvalue weighted by Crippen LogP contribution is -2.13. The van der Waals surface area contributed by atoms with Crippen molar-refractivity contribution in [3.8, 4) is 11.4 Å². The summed E-state index contributed by atoms with van der Waals surface area (Å²) < 4.78 is 18.2. The molecule has 0 atom stereocenters. The number of nitrogens with one attached hydrogen (secondary N) is 1. The topological polar surface area (TPSA) is 80.9 Å². The third kappa shape index (κ3) is 3.82. The molecule has 0 spiro atoms. The van der Waals surface area contributed by atoms with Crippen LogP contribution in [0, 0.1) is 5.82 Å². The van der Waals surface area contributed by atoms with Crippen LogP contribution in [0.25, 0.3) is 22.3 Å². The van der Waals surface area contributed by atoms with Gasteiger partial charge in [-0.2, -0.15) is 4.98 Å². The van der Waals surface area contributed by atoms with Crippen LogP contribution < -0.4 is 5.32 Å². The van der Waals surface area contributed by atoms with Crippen LogP contribution in [0.15, 0.2) is 65.3 Å². The Hall–Kier alpha value is -3.61. The van der Waals surface area contributed by atoms with Gasteiger partial charge in [0.2, 0.25) is 17.6 Å². The number of fused-ring (bicyclic) bond motifs is 1. The van der Waals surface area contributed by atoms with Gasteiger partial charge in [-0.15, -0.1) is 0 Å². The fourth-order valence-electron chi connectivity index (χ4n) is 2.71. The van der Waals surface area contributed by atoms with Crippen molar-refractivity contribution in [1.29, 1.82) is 0 Å². The summed E-state index contributed by atoms with van der Waals surface area (Å²) in [5, 5.41) is 7.69. The van der Waals surface area contributed by atoms with E-state index in [4.69, 9.17) is 4.52 Å². The molecule has 0 aliphatic carbocycles. The molecular weight excluding hydrogens is 347 g/mol. The number of anilines is 1. The number of hydrogen-bond donors (Lipinski definition) is 1. The summed E-state index contributed by atoms with van der Waals surface area (Å²) in [6, 6.07) is 15.2. The van der Waals surface area contributed by atoms with Crippen molar-refractivity contribution in [2.45, 2.75) is 12.8 Å². The van der Waals surface area contributed by atoms with Gasteiger partial charge >= 0.3 is 0 Å². The molecule has 0 bridgehead atoms. The number of carbonyl (C=O) groups excluding carboxylic acids is 1. The summed E-state index contributed by atoms with van der Waals surface area (Å²) in [6.07, 6.45) is 2.18.